The summed E-state index contributed by atoms with van der Waals surface area (Å²) < 4.78 is 67.9. The summed E-state index contributed by atoms with van der Waals surface area (Å²) in [7, 11) is -9.88. The molecule has 0 saturated heterocycles. The molecule has 2 unspecified atom stereocenters. The van der Waals surface area contributed by atoms with E-state index in [4.69, 9.17) is 37.0 Å². The van der Waals surface area contributed by atoms with Gasteiger partial charge in [-0.2, -0.15) is 0 Å². The Morgan fingerprint density at radius 3 is 0.773 bits per heavy atom. The number of hydrogen-bond donors (Lipinski definition) is 3. The summed E-state index contributed by atoms with van der Waals surface area (Å²) in [6, 6.07) is 0. The number of phosphoric acid groups is 2. The van der Waals surface area contributed by atoms with E-state index in [0.29, 0.717) is 25.7 Å². The van der Waals surface area contributed by atoms with Crippen LogP contribution in [-0.2, 0) is 65.4 Å². The molecule has 0 radical (unpaired) electrons. The number of aliphatic hydroxyl groups excluding tert-OH is 1. The van der Waals surface area contributed by atoms with E-state index >= 15 is 0 Å². The Morgan fingerprint density at radius 2 is 0.523 bits per heavy atom. The van der Waals surface area contributed by atoms with Crippen LogP contribution in [0, 0.1) is 11.8 Å². The van der Waals surface area contributed by atoms with Gasteiger partial charge in [0.2, 0.25) is 0 Å². The molecule has 5 atom stereocenters. The molecule has 0 bridgehead atoms. The predicted molar refractivity (Wildman–Crippen MR) is 354 cm³/mol. The van der Waals surface area contributed by atoms with Gasteiger partial charge in [0.1, 0.15) is 19.3 Å². The maximum atomic E-state index is 13.0. The third-order valence-electron chi connectivity index (χ3n) is 16.0. The summed E-state index contributed by atoms with van der Waals surface area (Å²) in [5.41, 5.74) is 0. The first kappa shape index (κ1) is 86.1. The maximum Gasteiger partial charge on any atom is 0.472 e. The molecule has 0 fully saturated rings. The van der Waals surface area contributed by atoms with E-state index < -0.39 is 97.5 Å². The summed E-state index contributed by atoms with van der Waals surface area (Å²) in [5, 5.41) is 10.5. The van der Waals surface area contributed by atoms with Crippen molar-refractivity contribution in [2.45, 2.75) is 368 Å². The lowest BCUT2D eigenvalue weighted by Crippen LogP contribution is -2.30. The second kappa shape index (κ2) is 61.3. The predicted octanol–water partition coefficient (Wildman–Crippen LogP) is 19.6. The average Bonchev–Trinajstić information content (AvgIpc) is 3.70. The summed E-state index contributed by atoms with van der Waals surface area (Å²) >= 11 is 0. The average molecular weight is 1300 g/mol. The topological polar surface area (TPSA) is 237 Å². The Kier molecular flexibility index (Phi) is 59.9. The SMILES string of the molecule is CCCCCCCCCC(=O)O[C@H](COC(=O)CCCCCCC)COP(=O)(O)OC[C@H](O)COP(=O)(O)OC[C@@H](COC(=O)CCCCCCCCCCCCCCCCC(C)C)OC(=O)CCCCCCCCCCCCCCCCCCC(C)C. The van der Waals surface area contributed by atoms with E-state index in [9.17, 15) is 43.2 Å². The minimum Gasteiger partial charge on any atom is -0.462 e. The number of carbonyl (C=O) groups excluding carboxylic acids is 4. The number of phosphoric ester groups is 2. The minimum absolute atomic E-state index is 0.103. The second-order valence-electron chi connectivity index (χ2n) is 25.9. The van der Waals surface area contributed by atoms with Gasteiger partial charge in [-0.05, 0) is 37.5 Å². The van der Waals surface area contributed by atoms with Crippen LogP contribution in [0.1, 0.15) is 350 Å². The highest BCUT2D eigenvalue weighted by Crippen LogP contribution is 2.45. The van der Waals surface area contributed by atoms with E-state index in [1.165, 1.54) is 148 Å². The number of ether oxygens (including phenoxy) is 4. The van der Waals surface area contributed by atoms with Gasteiger partial charge >= 0.3 is 39.5 Å². The zero-order chi connectivity index (χ0) is 65.0. The second-order valence-corrected chi connectivity index (χ2v) is 28.8. The highest BCUT2D eigenvalue weighted by atomic mass is 31.2. The van der Waals surface area contributed by atoms with Gasteiger partial charge in [-0.15, -0.1) is 0 Å². The van der Waals surface area contributed by atoms with E-state index in [0.717, 1.165) is 121 Å². The molecule has 0 aliphatic heterocycles. The van der Waals surface area contributed by atoms with Gasteiger partial charge in [-0.25, -0.2) is 9.13 Å². The molecular weight excluding hydrogens is 1160 g/mol. The lowest BCUT2D eigenvalue weighted by atomic mass is 10.0. The Bertz CT molecular complexity index is 1720. The molecule has 0 aliphatic carbocycles. The number of rotatable bonds is 68. The fraction of sp³-hybridized carbons (Fsp3) is 0.942. The quantitative estimate of drug-likeness (QED) is 0.0222. The van der Waals surface area contributed by atoms with E-state index in [-0.39, 0.29) is 25.7 Å². The maximum absolute atomic E-state index is 13.0. The van der Waals surface area contributed by atoms with Gasteiger partial charge in [-0.3, -0.25) is 37.3 Å². The molecule has 0 aromatic carbocycles. The molecule has 3 N–H and O–H groups in total. The highest BCUT2D eigenvalue weighted by Gasteiger charge is 2.30. The zero-order valence-corrected chi connectivity index (χ0v) is 58.8. The van der Waals surface area contributed by atoms with Gasteiger partial charge in [0.05, 0.1) is 26.4 Å². The molecule has 0 aromatic rings. The summed E-state index contributed by atoms with van der Waals surface area (Å²) in [6.07, 6.45) is 46.5. The fourth-order valence-electron chi connectivity index (χ4n) is 10.4. The normalized spacial score (nSPS) is 14.2. The Hall–Kier alpha value is -1.94. The third-order valence-corrected chi connectivity index (χ3v) is 17.9. The van der Waals surface area contributed by atoms with Gasteiger partial charge in [0.15, 0.2) is 12.2 Å². The Balaban J connectivity index is 5.10. The fourth-order valence-corrected chi connectivity index (χ4v) is 12.0. The molecule has 17 nitrogen and oxygen atoms in total. The minimum atomic E-state index is -4.95. The molecule has 88 heavy (non-hydrogen) atoms. The van der Waals surface area contributed by atoms with Crippen molar-refractivity contribution in [3.8, 4) is 0 Å². The van der Waals surface area contributed by atoms with Crippen LogP contribution in [0.25, 0.3) is 0 Å². The van der Waals surface area contributed by atoms with Crippen molar-refractivity contribution in [3.63, 3.8) is 0 Å². The lowest BCUT2D eigenvalue weighted by Gasteiger charge is -2.21. The summed E-state index contributed by atoms with van der Waals surface area (Å²) in [4.78, 5) is 72.0. The number of unbranched alkanes of at least 4 members (excludes halogenated alkanes) is 38. The first-order valence-corrected chi connectivity index (χ1v) is 39.0. The van der Waals surface area contributed by atoms with Crippen molar-refractivity contribution >= 4 is 39.5 Å². The monoisotopic (exact) mass is 1300 g/mol. The molecule has 0 rings (SSSR count). The number of carbonyl (C=O) groups is 4. The lowest BCUT2D eigenvalue weighted by molar-refractivity contribution is -0.161. The largest absolute Gasteiger partial charge is 0.472 e. The number of esters is 4. The summed E-state index contributed by atoms with van der Waals surface area (Å²) in [6.45, 7) is 9.46. The van der Waals surface area contributed by atoms with Crippen LogP contribution in [0.15, 0.2) is 0 Å². The molecule has 19 heteroatoms. The van der Waals surface area contributed by atoms with Crippen LogP contribution in [0.3, 0.4) is 0 Å². The standard InChI is InChI=1S/C69H134O17P2/c1-7-9-11-13-32-41-47-53-68(73)85-64(57-79-66(71)51-45-37-12-10-8-2)59-83-87(75,76)81-55-63(70)56-82-88(77,78)84-60-65(58-80-67(72)52-46-40-35-30-26-22-19-18-21-25-29-34-39-44-50-62(5)6)86-69(74)54-48-42-36-31-27-23-17-15-14-16-20-24-28-33-38-43-49-61(3)4/h61-65,70H,7-60H2,1-6H3,(H,75,76)(H,77,78)/t63-,64+,65+/m0/s1. The van der Waals surface area contributed by atoms with Gasteiger partial charge in [-0.1, -0.05) is 298 Å². The van der Waals surface area contributed by atoms with Crippen LogP contribution in [-0.4, -0.2) is 96.7 Å². The number of aliphatic hydroxyl groups is 1. The van der Waals surface area contributed by atoms with Crippen molar-refractivity contribution in [2.75, 3.05) is 39.6 Å². The van der Waals surface area contributed by atoms with Crippen LogP contribution < -0.4 is 0 Å². The molecule has 0 heterocycles. The third kappa shape index (κ3) is 62.8. The van der Waals surface area contributed by atoms with Crippen molar-refractivity contribution in [1.82, 2.24) is 0 Å². The van der Waals surface area contributed by atoms with E-state index in [1.54, 1.807) is 0 Å². The Labute approximate surface area is 537 Å². The summed E-state index contributed by atoms with van der Waals surface area (Å²) in [5.74, 6) is -0.533. The number of hydrogen-bond acceptors (Lipinski definition) is 15. The first-order valence-electron chi connectivity index (χ1n) is 36.0. The molecule has 0 aliphatic rings. The van der Waals surface area contributed by atoms with Crippen molar-refractivity contribution in [3.05, 3.63) is 0 Å². The first-order chi connectivity index (χ1) is 42.4. The van der Waals surface area contributed by atoms with Crippen LogP contribution >= 0.6 is 15.6 Å². The van der Waals surface area contributed by atoms with Crippen LogP contribution in [0.5, 0.6) is 0 Å². The van der Waals surface area contributed by atoms with Crippen molar-refractivity contribution in [2.24, 2.45) is 11.8 Å². The molecule has 0 saturated carbocycles. The molecule has 0 amide bonds. The smallest absolute Gasteiger partial charge is 0.462 e. The Morgan fingerprint density at radius 1 is 0.307 bits per heavy atom. The molecule has 0 spiro atoms. The van der Waals surface area contributed by atoms with Crippen molar-refractivity contribution < 1.29 is 80.2 Å². The van der Waals surface area contributed by atoms with Gasteiger partial charge in [0, 0.05) is 25.7 Å². The highest BCUT2D eigenvalue weighted by molar-refractivity contribution is 7.47. The van der Waals surface area contributed by atoms with E-state index in [2.05, 4.69) is 41.5 Å². The zero-order valence-electron chi connectivity index (χ0n) is 57.0. The molecule has 0 aromatic heterocycles. The van der Waals surface area contributed by atoms with Crippen molar-refractivity contribution in [1.29, 1.82) is 0 Å². The molecular formula is C69H134O17P2. The van der Waals surface area contributed by atoms with Gasteiger partial charge < -0.3 is 33.8 Å². The van der Waals surface area contributed by atoms with Gasteiger partial charge in [0.25, 0.3) is 0 Å². The van der Waals surface area contributed by atoms with Crippen LogP contribution in [0.2, 0.25) is 0 Å². The van der Waals surface area contributed by atoms with E-state index in [1.807, 2.05) is 0 Å². The van der Waals surface area contributed by atoms with Crippen LogP contribution in [0.4, 0.5) is 0 Å². The molecule has 522 valence electrons.